The first-order valence-corrected chi connectivity index (χ1v) is 10.8. The summed E-state index contributed by atoms with van der Waals surface area (Å²) in [6, 6.07) is 13.3. The van der Waals surface area contributed by atoms with Crippen molar-refractivity contribution in [3.63, 3.8) is 0 Å². The predicted molar refractivity (Wildman–Crippen MR) is 117 cm³/mol. The molecule has 0 fully saturated rings. The zero-order chi connectivity index (χ0) is 21.5. The maximum absolute atomic E-state index is 13.1. The van der Waals surface area contributed by atoms with Gasteiger partial charge >= 0.3 is 5.97 Å². The average molecular weight is 433 g/mol. The summed E-state index contributed by atoms with van der Waals surface area (Å²) in [6.07, 6.45) is -0.148. The molecule has 1 unspecified atom stereocenters. The molecule has 0 saturated carbocycles. The van der Waals surface area contributed by atoms with Crippen LogP contribution >= 0.6 is 11.3 Å². The summed E-state index contributed by atoms with van der Waals surface area (Å²) in [4.78, 5) is 33.2. The van der Waals surface area contributed by atoms with Gasteiger partial charge in [0.2, 0.25) is 0 Å². The molecular formula is C23H19N3O4S. The Balaban J connectivity index is 1.44. The van der Waals surface area contributed by atoms with Crippen LogP contribution in [0.4, 0.5) is 5.69 Å². The lowest BCUT2D eigenvalue weighted by Crippen LogP contribution is -2.39. The van der Waals surface area contributed by atoms with Crippen molar-refractivity contribution in [1.82, 2.24) is 10.1 Å². The van der Waals surface area contributed by atoms with Crippen LogP contribution in [0.5, 0.6) is 0 Å². The van der Waals surface area contributed by atoms with Gasteiger partial charge in [0.1, 0.15) is 0 Å². The van der Waals surface area contributed by atoms with E-state index < -0.39 is 12.1 Å². The summed E-state index contributed by atoms with van der Waals surface area (Å²) < 4.78 is 10.9. The van der Waals surface area contributed by atoms with Gasteiger partial charge in [0, 0.05) is 12.2 Å². The molecule has 156 valence electrons. The Morgan fingerprint density at radius 3 is 2.87 bits per heavy atom. The zero-order valence-electron chi connectivity index (χ0n) is 17.0. The Labute approximate surface area is 182 Å². The quantitative estimate of drug-likeness (QED) is 0.444. The second-order valence-electron chi connectivity index (χ2n) is 7.40. The van der Waals surface area contributed by atoms with E-state index in [0.717, 1.165) is 22.5 Å². The third-order valence-corrected chi connectivity index (χ3v) is 6.29. The normalized spacial score (nSPS) is 13.9. The average Bonchev–Trinajstić information content (AvgIpc) is 3.52. The van der Waals surface area contributed by atoms with E-state index in [1.165, 1.54) is 11.3 Å². The molecule has 1 amide bonds. The van der Waals surface area contributed by atoms with E-state index in [-0.39, 0.29) is 17.2 Å². The lowest BCUT2D eigenvalue weighted by molar-refractivity contribution is -0.126. The number of pyridine rings is 1. The van der Waals surface area contributed by atoms with Crippen molar-refractivity contribution >= 4 is 40.0 Å². The van der Waals surface area contributed by atoms with Crippen LogP contribution in [0.3, 0.4) is 0 Å². The van der Waals surface area contributed by atoms with E-state index in [4.69, 9.17) is 9.26 Å². The van der Waals surface area contributed by atoms with Gasteiger partial charge in [-0.2, -0.15) is 0 Å². The van der Waals surface area contributed by atoms with Crippen molar-refractivity contribution in [1.29, 1.82) is 0 Å². The van der Waals surface area contributed by atoms with E-state index >= 15 is 0 Å². The Hall–Kier alpha value is -3.52. The SMILES string of the molecule is Cc1noc2nc(-c3cccs3)cc(C(=O)OC(C)C(=O)N3CCc4ccccc43)c12. The van der Waals surface area contributed by atoms with Crippen molar-refractivity contribution < 1.29 is 18.8 Å². The number of thiophene rings is 1. The van der Waals surface area contributed by atoms with Crippen molar-refractivity contribution in [2.75, 3.05) is 11.4 Å². The van der Waals surface area contributed by atoms with Gasteiger partial charge < -0.3 is 14.2 Å². The standard InChI is InChI=1S/C23H19N3O4S/c1-13-20-16(12-17(19-8-5-11-31-19)24-21(20)30-25-13)23(28)29-14(2)22(27)26-10-9-15-6-3-4-7-18(15)26/h3-8,11-12,14H,9-10H2,1-2H3. The van der Waals surface area contributed by atoms with Gasteiger partial charge in [0.15, 0.2) is 6.10 Å². The summed E-state index contributed by atoms with van der Waals surface area (Å²) in [6.45, 7) is 3.91. The number of esters is 1. The smallest absolute Gasteiger partial charge is 0.339 e. The number of carbonyl (C=O) groups is 2. The number of fused-ring (bicyclic) bond motifs is 2. The number of ether oxygens (including phenoxy) is 1. The second kappa shape index (κ2) is 7.63. The molecule has 7 nitrogen and oxygen atoms in total. The lowest BCUT2D eigenvalue weighted by atomic mass is 10.1. The Bertz CT molecular complexity index is 1300. The highest BCUT2D eigenvalue weighted by Gasteiger charge is 2.31. The maximum Gasteiger partial charge on any atom is 0.339 e. The van der Waals surface area contributed by atoms with Crippen LogP contribution in [0.2, 0.25) is 0 Å². The first-order chi connectivity index (χ1) is 15.0. The molecule has 0 N–H and O–H groups in total. The fraction of sp³-hybridized carbons (Fsp3) is 0.217. The monoisotopic (exact) mass is 433 g/mol. The molecule has 1 atom stereocenters. The molecule has 8 heteroatoms. The van der Waals surface area contributed by atoms with Crippen LogP contribution in [0.15, 0.2) is 52.4 Å². The number of aromatic nitrogens is 2. The fourth-order valence-electron chi connectivity index (χ4n) is 3.87. The molecule has 1 aromatic carbocycles. The Kier molecular flexibility index (Phi) is 4.78. The van der Waals surface area contributed by atoms with Crippen molar-refractivity contribution in [2.24, 2.45) is 0 Å². The molecule has 3 aromatic heterocycles. The maximum atomic E-state index is 13.1. The summed E-state index contributed by atoms with van der Waals surface area (Å²) in [7, 11) is 0. The summed E-state index contributed by atoms with van der Waals surface area (Å²) >= 11 is 1.50. The first-order valence-electron chi connectivity index (χ1n) is 9.94. The molecule has 0 bridgehead atoms. The molecule has 0 radical (unpaired) electrons. The molecule has 4 heterocycles. The first kappa shape index (κ1) is 19.4. The molecule has 4 aromatic rings. The van der Waals surface area contributed by atoms with E-state index in [2.05, 4.69) is 10.1 Å². The molecule has 31 heavy (non-hydrogen) atoms. The third-order valence-electron chi connectivity index (χ3n) is 5.40. The molecule has 0 spiro atoms. The molecule has 0 saturated heterocycles. The Morgan fingerprint density at radius 1 is 1.23 bits per heavy atom. The highest BCUT2D eigenvalue weighted by molar-refractivity contribution is 7.13. The van der Waals surface area contributed by atoms with E-state index in [9.17, 15) is 9.59 Å². The number of anilines is 1. The number of para-hydroxylation sites is 1. The highest BCUT2D eigenvalue weighted by Crippen LogP contribution is 2.31. The zero-order valence-corrected chi connectivity index (χ0v) is 17.8. The second-order valence-corrected chi connectivity index (χ2v) is 8.34. The number of carbonyl (C=O) groups excluding carboxylic acids is 2. The molecular weight excluding hydrogens is 414 g/mol. The summed E-state index contributed by atoms with van der Waals surface area (Å²) in [5.74, 6) is -0.853. The lowest BCUT2D eigenvalue weighted by Gasteiger charge is -2.21. The van der Waals surface area contributed by atoms with Gasteiger partial charge in [-0.05, 0) is 49.4 Å². The van der Waals surface area contributed by atoms with Gasteiger partial charge in [-0.15, -0.1) is 11.3 Å². The number of amides is 1. The van der Waals surface area contributed by atoms with Gasteiger partial charge in [0.05, 0.1) is 27.2 Å². The Morgan fingerprint density at radius 2 is 2.06 bits per heavy atom. The largest absolute Gasteiger partial charge is 0.449 e. The molecule has 5 rings (SSSR count). The van der Waals surface area contributed by atoms with Gasteiger partial charge in [0.25, 0.3) is 11.6 Å². The third kappa shape index (κ3) is 3.38. The number of hydrogen-bond acceptors (Lipinski definition) is 7. The van der Waals surface area contributed by atoms with E-state index in [0.29, 0.717) is 23.3 Å². The summed E-state index contributed by atoms with van der Waals surface area (Å²) in [5.41, 5.74) is 3.68. The van der Waals surface area contributed by atoms with Crippen LogP contribution in [-0.2, 0) is 16.0 Å². The fourth-order valence-corrected chi connectivity index (χ4v) is 4.55. The van der Waals surface area contributed by atoms with E-state index in [1.807, 2.05) is 41.8 Å². The minimum absolute atomic E-state index is 0.246. The number of hydrogen-bond donors (Lipinski definition) is 0. The van der Waals surface area contributed by atoms with Gasteiger partial charge in [-0.3, -0.25) is 4.79 Å². The highest BCUT2D eigenvalue weighted by atomic mass is 32.1. The van der Waals surface area contributed by atoms with Crippen LogP contribution in [0.1, 0.15) is 28.5 Å². The van der Waals surface area contributed by atoms with Crippen LogP contribution in [0.25, 0.3) is 21.7 Å². The topological polar surface area (TPSA) is 85.5 Å². The number of aryl methyl sites for hydroxylation is 1. The summed E-state index contributed by atoms with van der Waals surface area (Å²) in [5, 5.41) is 6.37. The number of nitrogens with zero attached hydrogens (tertiary/aromatic N) is 3. The van der Waals surface area contributed by atoms with Crippen molar-refractivity contribution in [3.05, 3.63) is 64.7 Å². The molecule has 0 aliphatic carbocycles. The minimum atomic E-state index is -0.938. The van der Waals surface area contributed by atoms with Gasteiger partial charge in [-0.1, -0.05) is 29.4 Å². The minimum Gasteiger partial charge on any atom is -0.449 e. The predicted octanol–water partition coefficient (Wildman–Crippen LogP) is 4.39. The van der Waals surface area contributed by atoms with Crippen molar-refractivity contribution in [2.45, 2.75) is 26.4 Å². The molecule has 1 aliphatic heterocycles. The van der Waals surface area contributed by atoms with Crippen LogP contribution in [-0.4, -0.2) is 34.7 Å². The van der Waals surface area contributed by atoms with E-state index in [1.54, 1.807) is 24.8 Å². The molecule has 1 aliphatic rings. The van der Waals surface area contributed by atoms with Crippen LogP contribution < -0.4 is 4.90 Å². The van der Waals surface area contributed by atoms with Gasteiger partial charge in [-0.25, -0.2) is 9.78 Å². The van der Waals surface area contributed by atoms with Crippen LogP contribution in [0, 0.1) is 6.92 Å². The number of benzene rings is 1. The van der Waals surface area contributed by atoms with Crippen molar-refractivity contribution in [3.8, 4) is 10.6 Å². The number of rotatable bonds is 4.